The van der Waals surface area contributed by atoms with E-state index in [1.54, 1.807) is 6.92 Å². The number of aromatic nitrogens is 1. The van der Waals surface area contributed by atoms with E-state index in [2.05, 4.69) is 31.8 Å². The highest BCUT2D eigenvalue weighted by atomic mass is 16.2. The Bertz CT molecular complexity index is 864. The molecule has 3 N–H and O–H groups in total. The number of primary amides is 1. The van der Waals surface area contributed by atoms with E-state index in [4.69, 9.17) is 5.73 Å². The Morgan fingerprint density at radius 1 is 1.28 bits per heavy atom. The van der Waals surface area contributed by atoms with E-state index >= 15 is 0 Å². The summed E-state index contributed by atoms with van der Waals surface area (Å²) < 4.78 is 0. The molecule has 0 saturated carbocycles. The molecule has 1 unspecified atom stereocenters. The first-order valence-corrected chi connectivity index (χ1v) is 8.66. The third-order valence-electron chi connectivity index (χ3n) is 5.61. The van der Waals surface area contributed by atoms with Crippen molar-refractivity contribution in [3.05, 3.63) is 52.3 Å². The van der Waals surface area contributed by atoms with E-state index in [9.17, 15) is 9.59 Å². The summed E-state index contributed by atoms with van der Waals surface area (Å²) >= 11 is 0. The highest BCUT2D eigenvalue weighted by Crippen LogP contribution is 2.45. The van der Waals surface area contributed by atoms with Gasteiger partial charge in [0.05, 0.1) is 5.56 Å². The average molecular weight is 339 g/mol. The monoisotopic (exact) mass is 339 g/mol. The molecule has 132 valence electrons. The third-order valence-corrected chi connectivity index (χ3v) is 5.61. The first-order chi connectivity index (χ1) is 11.7. The van der Waals surface area contributed by atoms with E-state index in [0.29, 0.717) is 28.9 Å². The van der Waals surface area contributed by atoms with Crippen LogP contribution in [0.5, 0.6) is 0 Å². The largest absolute Gasteiger partial charge is 0.366 e. The van der Waals surface area contributed by atoms with Gasteiger partial charge < -0.3 is 15.6 Å². The fourth-order valence-corrected chi connectivity index (χ4v) is 3.94. The van der Waals surface area contributed by atoms with E-state index in [-0.39, 0.29) is 17.4 Å². The molecule has 0 bridgehead atoms. The predicted octanol–water partition coefficient (Wildman–Crippen LogP) is 3.31. The minimum Gasteiger partial charge on any atom is -0.366 e. The number of anilines is 1. The second kappa shape index (κ2) is 5.76. The van der Waals surface area contributed by atoms with Crippen LogP contribution in [0.25, 0.3) is 0 Å². The van der Waals surface area contributed by atoms with Crippen LogP contribution in [0.3, 0.4) is 0 Å². The van der Waals surface area contributed by atoms with Gasteiger partial charge in [0, 0.05) is 22.8 Å². The minimum absolute atomic E-state index is 0.00254. The number of para-hydroxylation sites is 1. The number of aromatic amines is 1. The summed E-state index contributed by atoms with van der Waals surface area (Å²) in [7, 11) is 0. The molecule has 2 heterocycles. The maximum absolute atomic E-state index is 13.4. The summed E-state index contributed by atoms with van der Waals surface area (Å²) in [6.07, 6.45) is 0.566. The van der Waals surface area contributed by atoms with E-state index in [1.165, 1.54) is 0 Å². The Kier molecular flexibility index (Phi) is 3.98. The number of nitrogens with two attached hydrogens (primary N) is 1. The molecule has 1 atom stereocenters. The molecule has 2 amide bonds. The van der Waals surface area contributed by atoms with Gasteiger partial charge in [-0.1, -0.05) is 39.0 Å². The van der Waals surface area contributed by atoms with Crippen LogP contribution in [0.2, 0.25) is 0 Å². The second-order valence-electron chi connectivity index (χ2n) is 7.29. The number of rotatable bonds is 3. The SMILES string of the molecule is CCc1c(C(=O)N2c3ccccc3C(C)(C)C2C)[nH]c(C)c1C(N)=O. The van der Waals surface area contributed by atoms with Gasteiger partial charge >= 0.3 is 0 Å². The summed E-state index contributed by atoms with van der Waals surface area (Å²) in [5.41, 5.74) is 9.71. The molecule has 0 aliphatic carbocycles. The molecule has 5 nitrogen and oxygen atoms in total. The van der Waals surface area contributed by atoms with Crippen molar-refractivity contribution in [1.29, 1.82) is 0 Å². The Morgan fingerprint density at radius 3 is 2.52 bits per heavy atom. The normalized spacial score (nSPS) is 18.3. The summed E-state index contributed by atoms with van der Waals surface area (Å²) in [6, 6.07) is 8.01. The van der Waals surface area contributed by atoms with Crippen LogP contribution in [-0.2, 0) is 11.8 Å². The molecule has 5 heteroatoms. The number of fused-ring (bicyclic) bond motifs is 1. The first kappa shape index (κ1) is 17.3. The highest BCUT2D eigenvalue weighted by molar-refractivity contribution is 6.10. The Labute approximate surface area is 148 Å². The van der Waals surface area contributed by atoms with Gasteiger partial charge in [-0.05, 0) is 37.5 Å². The van der Waals surface area contributed by atoms with Crippen molar-refractivity contribution < 1.29 is 9.59 Å². The summed E-state index contributed by atoms with van der Waals surface area (Å²) in [5.74, 6) is -0.613. The highest BCUT2D eigenvalue weighted by Gasteiger charge is 2.45. The molecule has 1 aromatic carbocycles. The minimum atomic E-state index is -0.500. The van der Waals surface area contributed by atoms with Gasteiger partial charge in [0.15, 0.2) is 0 Å². The Morgan fingerprint density at radius 2 is 1.92 bits per heavy atom. The molecule has 0 radical (unpaired) electrons. The van der Waals surface area contributed by atoms with Crippen LogP contribution in [0.4, 0.5) is 5.69 Å². The van der Waals surface area contributed by atoms with Crippen LogP contribution in [0.15, 0.2) is 24.3 Å². The molecule has 25 heavy (non-hydrogen) atoms. The number of H-pyrrole nitrogens is 1. The molecule has 0 saturated heterocycles. The smallest absolute Gasteiger partial charge is 0.275 e. The number of carbonyl (C=O) groups is 2. The molecule has 1 aliphatic heterocycles. The van der Waals surface area contributed by atoms with Gasteiger partial charge in [0.25, 0.3) is 11.8 Å². The Hall–Kier alpha value is -2.56. The van der Waals surface area contributed by atoms with Gasteiger partial charge in [-0.2, -0.15) is 0 Å². The third kappa shape index (κ3) is 2.37. The lowest BCUT2D eigenvalue weighted by Crippen LogP contribution is -2.43. The number of amides is 2. The van der Waals surface area contributed by atoms with Crippen molar-refractivity contribution in [2.75, 3.05) is 4.90 Å². The van der Waals surface area contributed by atoms with E-state index in [0.717, 1.165) is 11.3 Å². The lowest BCUT2D eigenvalue weighted by molar-refractivity contribution is 0.0969. The van der Waals surface area contributed by atoms with Crippen LogP contribution >= 0.6 is 0 Å². The van der Waals surface area contributed by atoms with Crippen molar-refractivity contribution >= 4 is 17.5 Å². The number of carbonyl (C=O) groups excluding carboxylic acids is 2. The molecule has 2 aromatic rings. The molecule has 1 aromatic heterocycles. The number of hydrogen-bond donors (Lipinski definition) is 2. The maximum atomic E-state index is 13.4. The van der Waals surface area contributed by atoms with Crippen molar-refractivity contribution in [3.8, 4) is 0 Å². The average Bonchev–Trinajstić information content (AvgIpc) is 3.00. The van der Waals surface area contributed by atoms with Crippen LogP contribution in [-0.4, -0.2) is 22.8 Å². The second-order valence-corrected chi connectivity index (χ2v) is 7.29. The van der Waals surface area contributed by atoms with Gasteiger partial charge in [-0.25, -0.2) is 0 Å². The van der Waals surface area contributed by atoms with Crippen LogP contribution < -0.4 is 10.6 Å². The fourth-order valence-electron chi connectivity index (χ4n) is 3.94. The maximum Gasteiger partial charge on any atom is 0.275 e. The molecule has 3 rings (SSSR count). The summed E-state index contributed by atoms with van der Waals surface area (Å²) in [6.45, 7) is 10.1. The van der Waals surface area contributed by atoms with Crippen LogP contribution in [0, 0.1) is 6.92 Å². The van der Waals surface area contributed by atoms with Gasteiger partial charge in [0.1, 0.15) is 5.69 Å². The van der Waals surface area contributed by atoms with Gasteiger partial charge in [-0.3, -0.25) is 9.59 Å². The molecule has 0 spiro atoms. The molecule has 1 aliphatic rings. The van der Waals surface area contributed by atoms with E-state index < -0.39 is 5.91 Å². The zero-order chi connectivity index (χ0) is 18.5. The molecule has 0 fully saturated rings. The van der Waals surface area contributed by atoms with Crippen LogP contribution in [0.1, 0.15) is 65.4 Å². The van der Waals surface area contributed by atoms with Crippen molar-refractivity contribution in [3.63, 3.8) is 0 Å². The fraction of sp³-hybridized carbons (Fsp3) is 0.400. The number of hydrogen-bond acceptors (Lipinski definition) is 2. The van der Waals surface area contributed by atoms with E-state index in [1.807, 2.05) is 30.0 Å². The lowest BCUT2D eigenvalue weighted by atomic mass is 9.81. The topological polar surface area (TPSA) is 79.2 Å². The molecular weight excluding hydrogens is 314 g/mol. The number of nitrogens with zero attached hydrogens (tertiary/aromatic N) is 1. The summed E-state index contributed by atoms with van der Waals surface area (Å²) in [5, 5.41) is 0. The lowest BCUT2D eigenvalue weighted by Gasteiger charge is -2.30. The zero-order valence-corrected chi connectivity index (χ0v) is 15.4. The Balaban J connectivity index is 2.14. The van der Waals surface area contributed by atoms with Gasteiger partial charge in [0.2, 0.25) is 0 Å². The standard InChI is InChI=1S/C20H25N3O2/c1-6-13-16(18(21)24)11(2)22-17(13)19(25)23-12(3)20(4,5)14-9-7-8-10-15(14)23/h7-10,12,22H,6H2,1-5H3,(H2,21,24). The quantitative estimate of drug-likeness (QED) is 0.900. The predicted molar refractivity (Wildman–Crippen MR) is 99.2 cm³/mol. The first-order valence-electron chi connectivity index (χ1n) is 8.66. The molecular formula is C20H25N3O2. The summed E-state index contributed by atoms with van der Waals surface area (Å²) in [4.78, 5) is 30.2. The number of benzene rings is 1. The number of nitrogens with one attached hydrogen (secondary N) is 1. The number of aryl methyl sites for hydroxylation is 1. The van der Waals surface area contributed by atoms with Crippen molar-refractivity contribution in [2.24, 2.45) is 5.73 Å². The van der Waals surface area contributed by atoms with Crippen molar-refractivity contribution in [2.45, 2.75) is 52.5 Å². The zero-order valence-electron chi connectivity index (χ0n) is 15.4. The van der Waals surface area contributed by atoms with Gasteiger partial charge in [-0.15, -0.1) is 0 Å². The van der Waals surface area contributed by atoms with Crippen molar-refractivity contribution in [1.82, 2.24) is 4.98 Å².